The van der Waals surface area contributed by atoms with Crippen LogP contribution in [-0.2, 0) is 11.2 Å². The topological polar surface area (TPSA) is 59.1 Å². The smallest absolute Gasteiger partial charge is 0.226 e. The van der Waals surface area contributed by atoms with E-state index in [4.69, 9.17) is 4.74 Å². The zero-order valence-electron chi connectivity index (χ0n) is 12.5. The number of aryl methyl sites for hydroxylation is 1. The Morgan fingerprint density at radius 1 is 1.35 bits per heavy atom. The van der Waals surface area contributed by atoms with Gasteiger partial charge >= 0.3 is 0 Å². The standard InChI is InChI=1S/C14H22N4OS/c1-5-10-7-11-12(16-9(3)8-19-4)17-14(15-6-2)18-13(11)20-10/h7,9H,5-6,8H2,1-4H3,(H2,15,16,17,18). The molecule has 0 aliphatic rings. The molecule has 6 heteroatoms. The molecule has 110 valence electrons. The van der Waals surface area contributed by atoms with Gasteiger partial charge in [-0.1, -0.05) is 6.92 Å². The first kappa shape index (κ1) is 15.0. The minimum Gasteiger partial charge on any atom is -0.383 e. The SMILES string of the molecule is CCNc1nc(NC(C)COC)c2cc(CC)sc2n1. The molecule has 2 rings (SSSR count). The lowest BCUT2D eigenvalue weighted by atomic mass is 10.3. The number of nitrogens with one attached hydrogen (secondary N) is 2. The van der Waals surface area contributed by atoms with Crippen LogP contribution in [0.4, 0.5) is 11.8 Å². The van der Waals surface area contributed by atoms with Gasteiger partial charge in [-0.15, -0.1) is 11.3 Å². The summed E-state index contributed by atoms with van der Waals surface area (Å²) in [5.41, 5.74) is 0. The highest BCUT2D eigenvalue weighted by Gasteiger charge is 2.13. The van der Waals surface area contributed by atoms with Crippen LogP contribution in [0, 0.1) is 0 Å². The van der Waals surface area contributed by atoms with E-state index in [9.17, 15) is 0 Å². The van der Waals surface area contributed by atoms with Crippen molar-refractivity contribution in [2.75, 3.05) is 30.9 Å². The third-order valence-electron chi connectivity index (χ3n) is 2.93. The van der Waals surface area contributed by atoms with Crippen LogP contribution in [0.25, 0.3) is 10.2 Å². The predicted octanol–water partition coefficient (Wildman–Crippen LogP) is 3.13. The van der Waals surface area contributed by atoms with Crippen molar-refractivity contribution in [3.8, 4) is 0 Å². The largest absolute Gasteiger partial charge is 0.383 e. The fraction of sp³-hybridized carbons (Fsp3) is 0.571. The maximum Gasteiger partial charge on any atom is 0.226 e. The molecule has 0 aromatic carbocycles. The summed E-state index contributed by atoms with van der Waals surface area (Å²) in [6.07, 6.45) is 1.02. The fourth-order valence-corrected chi connectivity index (χ4v) is 2.98. The Labute approximate surface area is 123 Å². The summed E-state index contributed by atoms with van der Waals surface area (Å²) < 4.78 is 5.17. The Morgan fingerprint density at radius 2 is 2.15 bits per heavy atom. The van der Waals surface area contributed by atoms with Gasteiger partial charge in [-0.3, -0.25) is 0 Å². The molecule has 1 atom stereocenters. The molecule has 2 aromatic heterocycles. The van der Waals surface area contributed by atoms with Crippen LogP contribution in [0.1, 0.15) is 25.6 Å². The predicted molar refractivity (Wildman–Crippen MR) is 85.9 cm³/mol. The molecule has 2 aromatic rings. The van der Waals surface area contributed by atoms with E-state index in [0.717, 1.165) is 29.0 Å². The number of methoxy groups -OCH3 is 1. The summed E-state index contributed by atoms with van der Waals surface area (Å²) in [7, 11) is 1.71. The van der Waals surface area contributed by atoms with Crippen LogP contribution < -0.4 is 10.6 Å². The van der Waals surface area contributed by atoms with Crippen LogP contribution >= 0.6 is 11.3 Å². The van der Waals surface area contributed by atoms with Crippen molar-refractivity contribution in [2.24, 2.45) is 0 Å². The van der Waals surface area contributed by atoms with Crippen LogP contribution in [0.3, 0.4) is 0 Å². The van der Waals surface area contributed by atoms with Gasteiger partial charge in [0.15, 0.2) is 0 Å². The zero-order valence-corrected chi connectivity index (χ0v) is 13.3. The maximum absolute atomic E-state index is 5.17. The summed E-state index contributed by atoms with van der Waals surface area (Å²) in [6.45, 7) is 7.74. The second-order valence-corrected chi connectivity index (χ2v) is 5.83. The molecule has 1 unspecified atom stereocenters. The average Bonchev–Trinajstić information content (AvgIpc) is 2.82. The third kappa shape index (κ3) is 3.37. The van der Waals surface area contributed by atoms with Gasteiger partial charge in [0.1, 0.15) is 10.6 Å². The highest BCUT2D eigenvalue weighted by molar-refractivity contribution is 7.18. The number of ether oxygens (including phenoxy) is 1. The molecule has 0 bridgehead atoms. The molecule has 0 spiro atoms. The number of hydrogen-bond acceptors (Lipinski definition) is 6. The number of fused-ring (bicyclic) bond motifs is 1. The van der Waals surface area contributed by atoms with Gasteiger partial charge in [0.25, 0.3) is 0 Å². The summed E-state index contributed by atoms with van der Waals surface area (Å²) in [5, 5.41) is 7.69. The number of hydrogen-bond donors (Lipinski definition) is 2. The van der Waals surface area contributed by atoms with E-state index in [1.807, 2.05) is 6.92 Å². The number of thiophene rings is 1. The lowest BCUT2D eigenvalue weighted by molar-refractivity contribution is 0.190. The van der Waals surface area contributed by atoms with Crippen molar-refractivity contribution in [1.29, 1.82) is 0 Å². The minimum absolute atomic E-state index is 0.206. The van der Waals surface area contributed by atoms with Gasteiger partial charge < -0.3 is 15.4 Å². The summed E-state index contributed by atoms with van der Waals surface area (Å²) in [5.74, 6) is 1.56. The highest BCUT2D eigenvalue weighted by Crippen LogP contribution is 2.30. The molecule has 0 radical (unpaired) electrons. The van der Waals surface area contributed by atoms with Crippen LogP contribution in [0.15, 0.2) is 6.07 Å². The Morgan fingerprint density at radius 3 is 2.80 bits per heavy atom. The lowest BCUT2D eigenvalue weighted by Gasteiger charge is -2.15. The summed E-state index contributed by atoms with van der Waals surface area (Å²) in [6, 6.07) is 2.38. The Balaban J connectivity index is 2.39. The Bertz CT molecular complexity index is 570. The van der Waals surface area contributed by atoms with Crippen molar-refractivity contribution in [1.82, 2.24) is 9.97 Å². The van der Waals surface area contributed by atoms with E-state index in [1.165, 1.54) is 4.88 Å². The molecular formula is C14H22N4OS. The molecule has 0 fully saturated rings. The molecule has 0 amide bonds. The molecule has 0 aliphatic carbocycles. The number of anilines is 2. The summed E-state index contributed by atoms with van der Waals surface area (Å²) >= 11 is 1.73. The van der Waals surface area contributed by atoms with Gasteiger partial charge in [-0.05, 0) is 26.3 Å². The molecule has 20 heavy (non-hydrogen) atoms. The van der Waals surface area contributed by atoms with Crippen LogP contribution in [0.5, 0.6) is 0 Å². The quantitative estimate of drug-likeness (QED) is 0.821. The van der Waals surface area contributed by atoms with E-state index >= 15 is 0 Å². The second kappa shape index (κ2) is 6.85. The molecule has 2 N–H and O–H groups in total. The monoisotopic (exact) mass is 294 g/mol. The number of nitrogens with zero attached hydrogens (tertiary/aromatic N) is 2. The molecular weight excluding hydrogens is 272 g/mol. The van der Waals surface area contributed by atoms with E-state index in [2.05, 4.69) is 40.5 Å². The van der Waals surface area contributed by atoms with Gasteiger partial charge in [0, 0.05) is 24.6 Å². The second-order valence-electron chi connectivity index (χ2n) is 4.71. The van der Waals surface area contributed by atoms with Crippen molar-refractivity contribution in [3.63, 3.8) is 0 Å². The van der Waals surface area contributed by atoms with Crippen molar-refractivity contribution < 1.29 is 4.74 Å². The zero-order chi connectivity index (χ0) is 14.5. The van der Waals surface area contributed by atoms with Gasteiger partial charge in [0.2, 0.25) is 5.95 Å². The maximum atomic E-state index is 5.17. The third-order valence-corrected chi connectivity index (χ3v) is 4.10. The van der Waals surface area contributed by atoms with E-state index < -0.39 is 0 Å². The fourth-order valence-electron chi connectivity index (χ4n) is 2.02. The highest BCUT2D eigenvalue weighted by atomic mass is 32.1. The average molecular weight is 294 g/mol. The molecule has 0 aliphatic heterocycles. The van der Waals surface area contributed by atoms with Crippen molar-refractivity contribution >= 4 is 33.3 Å². The Kier molecular flexibility index (Phi) is 5.14. The van der Waals surface area contributed by atoms with Gasteiger partial charge in [-0.25, -0.2) is 4.98 Å². The van der Waals surface area contributed by atoms with E-state index in [0.29, 0.717) is 12.6 Å². The normalized spacial score (nSPS) is 12.6. The number of aromatic nitrogens is 2. The lowest BCUT2D eigenvalue weighted by Crippen LogP contribution is -2.22. The Hall–Kier alpha value is -1.40. The molecule has 0 saturated carbocycles. The first-order valence-corrected chi connectivity index (χ1v) is 7.79. The summed E-state index contributed by atoms with van der Waals surface area (Å²) in [4.78, 5) is 11.5. The molecule has 5 nitrogen and oxygen atoms in total. The van der Waals surface area contributed by atoms with Crippen molar-refractivity contribution in [2.45, 2.75) is 33.2 Å². The van der Waals surface area contributed by atoms with Gasteiger partial charge in [-0.2, -0.15) is 4.98 Å². The van der Waals surface area contributed by atoms with Crippen LogP contribution in [0.2, 0.25) is 0 Å². The van der Waals surface area contributed by atoms with E-state index in [1.54, 1.807) is 18.4 Å². The van der Waals surface area contributed by atoms with Gasteiger partial charge in [0.05, 0.1) is 12.0 Å². The van der Waals surface area contributed by atoms with Crippen LogP contribution in [-0.4, -0.2) is 36.3 Å². The van der Waals surface area contributed by atoms with E-state index in [-0.39, 0.29) is 6.04 Å². The first-order chi connectivity index (χ1) is 9.67. The number of rotatable bonds is 7. The first-order valence-electron chi connectivity index (χ1n) is 6.97. The molecule has 2 heterocycles. The van der Waals surface area contributed by atoms with Crippen molar-refractivity contribution in [3.05, 3.63) is 10.9 Å². The minimum atomic E-state index is 0.206. The molecule has 0 saturated heterocycles.